The average molecular weight is 350 g/mol. The first-order valence-corrected chi connectivity index (χ1v) is 7.90. The van der Waals surface area contributed by atoms with E-state index in [1.807, 2.05) is 25.1 Å². The number of nitrogens with one attached hydrogen (secondary N) is 3. The van der Waals surface area contributed by atoms with Crippen molar-refractivity contribution in [3.8, 4) is 0 Å². The van der Waals surface area contributed by atoms with Gasteiger partial charge in [0, 0.05) is 12.6 Å². The van der Waals surface area contributed by atoms with Crippen LogP contribution >= 0.6 is 11.6 Å². The lowest BCUT2D eigenvalue weighted by Crippen LogP contribution is -2.24. The lowest BCUT2D eigenvalue weighted by molar-refractivity contribution is 0.170. The number of aromatic nitrogens is 2. The molecule has 0 aliphatic heterocycles. The van der Waals surface area contributed by atoms with Crippen LogP contribution < -0.4 is 11.0 Å². The number of aliphatic hydroxyl groups excluding tert-OH is 1. The summed E-state index contributed by atoms with van der Waals surface area (Å²) in [6.45, 7) is 2.20. The molecule has 2 atom stereocenters. The highest BCUT2D eigenvalue weighted by Crippen LogP contribution is 2.21. The molecule has 0 spiro atoms. The van der Waals surface area contributed by atoms with E-state index in [1.165, 1.54) is 12.1 Å². The molecule has 0 saturated heterocycles. The van der Waals surface area contributed by atoms with Crippen molar-refractivity contribution < 1.29 is 9.50 Å². The minimum Gasteiger partial charge on any atom is -0.387 e. The molecule has 0 bridgehead atoms. The first-order chi connectivity index (χ1) is 11.4. The molecule has 0 amide bonds. The van der Waals surface area contributed by atoms with E-state index >= 15 is 0 Å². The van der Waals surface area contributed by atoms with Crippen LogP contribution in [0.15, 0.2) is 41.2 Å². The van der Waals surface area contributed by atoms with Gasteiger partial charge < -0.3 is 20.4 Å². The van der Waals surface area contributed by atoms with E-state index in [0.29, 0.717) is 5.56 Å². The minimum absolute atomic E-state index is 0.0288. The second-order valence-electron chi connectivity index (χ2n) is 5.70. The summed E-state index contributed by atoms with van der Waals surface area (Å²) in [4.78, 5) is 16.7. The third kappa shape index (κ3) is 3.51. The van der Waals surface area contributed by atoms with Crippen LogP contribution in [0.3, 0.4) is 0 Å². The van der Waals surface area contributed by atoms with Gasteiger partial charge in [-0.2, -0.15) is 0 Å². The lowest BCUT2D eigenvalue weighted by Gasteiger charge is -2.18. The minimum atomic E-state index is -0.852. The van der Waals surface area contributed by atoms with Gasteiger partial charge in [0.2, 0.25) is 0 Å². The molecule has 3 rings (SSSR count). The molecule has 2 aromatic carbocycles. The van der Waals surface area contributed by atoms with Gasteiger partial charge >= 0.3 is 5.69 Å². The SMILES string of the molecule is CC(NCC(O)c1ccc(Cl)c(F)c1)c1ccc2[nH]c(=O)[nH]c2c1. The Morgan fingerprint density at radius 3 is 2.62 bits per heavy atom. The third-order valence-electron chi connectivity index (χ3n) is 3.99. The second kappa shape index (κ2) is 6.76. The van der Waals surface area contributed by atoms with E-state index in [4.69, 9.17) is 11.6 Å². The zero-order valence-electron chi connectivity index (χ0n) is 12.9. The number of rotatable bonds is 5. The Kier molecular flexibility index (Phi) is 4.71. The van der Waals surface area contributed by atoms with Gasteiger partial charge in [-0.15, -0.1) is 0 Å². The zero-order chi connectivity index (χ0) is 17.3. The van der Waals surface area contributed by atoms with Crippen LogP contribution in [-0.2, 0) is 0 Å². The fourth-order valence-electron chi connectivity index (χ4n) is 2.56. The molecule has 0 aliphatic carbocycles. The Labute approximate surface area is 142 Å². The summed E-state index contributed by atoms with van der Waals surface area (Å²) in [6.07, 6.45) is -0.852. The highest BCUT2D eigenvalue weighted by Gasteiger charge is 2.13. The summed E-state index contributed by atoms with van der Waals surface area (Å²) in [5.41, 5.74) is 2.65. The summed E-state index contributed by atoms with van der Waals surface area (Å²) in [5, 5.41) is 13.4. The topological polar surface area (TPSA) is 80.9 Å². The van der Waals surface area contributed by atoms with Crippen LogP contribution in [0.2, 0.25) is 5.02 Å². The second-order valence-corrected chi connectivity index (χ2v) is 6.11. The van der Waals surface area contributed by atoms with Crippen molar-refractivity contribution >= 4 is 22.6 Å². The van der Waals surface area contributed by atoms with Gasteiger partial charge in [0.25, 0.3) is 0 Å². The fourth-order valence-corrected chi connectivity index (χ4v) is 2.68. The smallest absolute Gasteiger partial charge is 0.323 e. The maximum atomic E-state index is 13.5. The predicted molar refractivity (Wildman–Crippen MR) is 91.7 cm³/mol. The maximum Gasteiger partial charge on any atom is 0.323 e. The number of aromatic amines is 2. The molecule has 0 aliphatic rings. The van der Waals surface area contributed by atoms with Crippen molar-refractivity contribution in [2.75, 3.05) is 6.54 Å². The van der Waals surface area contributed by atoms with E-state index in [2.05, 4.69) is 15.3 Å². The standard InChI is InChI=1S/C17H17ClFN3O2/c1-9(10-3-5-14-15(7-10)22-17(24)21-14)20-8-16(23)11-2-4-12(18)13(19)6-11/h2-7,9,16,20,23H,8H2,1H3,(H2,21,22,24). The first-order valence-electron chi connectivity index (χ1n) is 7.52. The number of halogens is 2. The number of hydrogen-bond acceptors (Lipinski definition) is 3. The van der Waals surface area contributed by atoms with Crippen LogP contribution in [0.5, 0.6) is 0 Å². The number of fused-ring (bicyclic) bond motifs is 1. The molecule has 2 unspecified atom stereocenters. The molecule has 1 aromatic heterocycles. The molecule has 126 valence electrons. The molecule has 0 saturated carbocycles. The summed E-state index contributed by atoms with van der Waals surface area (Å²) < 4.78 is 13.5. The van der Waals surface area contributed by atoms with Crippen LogP contribution in [0.4, 0.5) is 4.39 Å². The van der Waals surface area contributed by atoms with Gasteiger partial charge in [0.1, 0.15) is 5.82 Å². The number of imidazole rings is 1. The van der Waals surface area contributed by atoms with Gasteiger partial charge in [-0.25, -0.2) is 9.18 Å². The highest BCUT2D eigenvalue weighted by molar-refractivity contribution is 6.30. The van der Waals surface area contributed by atoms with E-state index in [0.717, 1.165) is 16.6 Å². The Hall–Kier alpha value is -2.15. The first kappa shape index (κ1) is 16.7. The predicted octanol–water partition coefficient (Wildman–Crippen LogP) is 3.03. The monoisotopic (exact) mass is 349 g/mol. The van der Waals surface area contributed by atoms with Crippen molar-refractivity contribution in [1.82, 2.24) is 15.3 Å². The largest absolute Gasteiger partial charge is 0.387 e. The number of H-pyrrole nitrogens is 2. The molecule has 3 aromatic rings. The van der Waals surface area contributed by atoms with Crippen LogP contribution in [0.1, 0.15) is 30.2 Å². The van der Waals surface area contributed by atoms with Crippen molar-refractivity contribution in [1.29, 1.82) is 0 Å². The lowest BCUT2D eigenvalue weighted by atomic mass is 10.1. The van der Waals surface area contributed by atoms with Gasteiger partial charge in [-0.1, -0.05) is 23.7 Å². The van der Waals surface area contributed by atoms with Gasteiger partial charge in [-0.05, 0) is 42.3 Å². The quantitative estimate of drug-likeness (QED) is 0.571. The van der Waals surface area contributed by atoms with Crippen molar-refractivity contribution in [2.24, 2.45) is 0 Å². The van der Waals surface area contributed by atoms with E-state index in [1.54, 1.807) is 6.07 Å². The van der Waals surface area contributed by atoms with Crippen LogP contribution in [0.25, 0.3) is 11.0 Å². The van der Waals surface area contributed by atoms with Crippen LogP contribution in [0, 0.1) is 5.82 Å². The van der Waals surface area contributed by atoms with E-state index in [9.17, 15) is 14.3 Å². The Balaban J connectivity index is 1.67. The summed E-state index contributed by atoms with van der Waals surface area (Å²) >= 11 is 5.64. The van der Waals surface area contributed by atoms with Crippen molar-refractivity contribution in [2.45, 2.75) is 19.1 Å². The molecule has 0 fully saturated rings. The highest BCUT2D eigenvalue weighted by atomic mass is 35.5. The molecule has 4 N–H and O–H groups in total. The Bertz CT molecular complexity index is 922. The maximum absolute atomic E-state index is 13.5. The summed E-state index contributed by atoms with van der Waals surface area (Å²) in [7, 11) is 0. The molecular formula is C17H17ClFN3O2. The average Bonchev–Trinajstić information content (AvgIpc) is 2.93. The molecule has 5 nitrogen and oxygen atoms in total. The number of hydrogen-bond donors (Lipinski definition) is 4. The summed E-state index contributed by atoms with van der Waals surface area (Å²) in [6, 6.07) is 9.80. The number of benzene rings is 2. The number of aliphatic hydroxyl groups is 1. The molecule has 7 heteroatoms. The van der Waals surface area contributed by atoms with Crippen LogP contribution in [-0.4, -0.2) is 21.6 Å². The molecule has 0 radical (unpaired) electrons. The Morgan fingerprint density at radius 2 is 1.88 bits per heavy atom. The molecule has 24 heavy (non-hydrogen) atoms. The Morgan fingerprint density at radius 1 is 1.17 bits per heavy atom. The van der Waals surface area contributed by atoms with Gasteiger partial charge in [-0.3, -0.25) is 0 Å². The normalized spacial score (nSPS) is 14.0. The van der Waals surface area contributed by atoms with Gasteiger partial charge in [0.05, 0.1) is 22.2 Å². The zero-order valence-corrected chi connectivity index (χ0v) is 13.7. The molecule has 1 heterocycles. The van der Waals surface area contributed by atoms with Crippen molar-refractivity contribution in [3.05, 3.63) is 68.8 Å². The molecular weight excluding hydrogens is 333 g/mol. The fraction of sp³-hybridized carbons (Fsp3) is 0.235. The third-order valence-corrected chi connectivity index (χ3v) is 4.29. The van der Waals surface area contributed by atoms with E-state index < -0.39 is 11.9 Å². The van der Waals surface area contributed by atoms with Crippen molar-refractivity contribution in [3.63, 3.8) is 0 Å². The summed E-state index contributed by atoms with van der Waals surface area (Å²) in [5.74, 6) is -0.553. The van der Waals surface area contributed by atoms with E-state index in [-0.39, 0.29) is 23.3 Å². The van der Waals surface area contributed by atoms with Gasteiger partial charge in [0.15, 0.2) is 0 Å².